The first-order valence-electron chi connectivity index (χ1n) is 6.20. The average molecular weight is 283 g/mol. The number of benzene rings is 1. The molecule has 0 amide bonds. The first-order valence-corrected chi connectivity index (χ1v) is 8.02. The standard InChI is InChI=1S/C14H19ClN2S/c1-10-4-5-12-13(8-10)17(14(9-15)16-12)7-6-11(2)18-3/h4-5,8,11H,6-7,9H2,1-3H3. The molecule has 0 aliphatic heterocycles. The fraction of sp³-hybridized carbons (Fsp3) is 0.500. The summed E-state index contributed by atoms with van der Waals surface area (Å²) in [5.41, 5.74) is 3.52. The Balaban J connectivity index is 2.36. The third-order valence-electron chi connectivity index (χ3n) is 3.26. The van der Waals surface area contributed by atoms with Crippen LogP contribution in [0.5, 0.6) is 0 Å². The van der Waals surface area contributed by atoms with E-state index in [1.165, 1.54) is 11.1 Å². The molecule has 0 aliphatic rings. The van der Waals surface area contributed by atoms with Crippen LogP contribution >= 0.6 is 23.4 Å². The van der Waals surface area contributed by atoms with E-state index in [0.29, 0.717) is 11.1 Å². The number of halogens is 1. The topological polar surface area (TPSA) is 17.8 Å². The van der Waals surface area contributed by atoms with Gasteiger partial charge in [0.05, 0.1) is 16.9 Å². The quantitative estimate of drug-likeness (QED) is 0.764. The number of aromatic nitrogens is 2. The Kier molecular flexibility index (Phi) is 4.57. The third-order valence-corrected chi connectivity index (χ3v) is 4.54. The van der Waals surface area contributed by atoms with Crippen molar-refractivity contribution in [1.29, 1.82) is 0 Å². The zero-order valence-corrected chi connectivity index (χ0v) is 12.7. The molecule has 0 fully saturated rings. The Morgan fingerprint density at radius 2 is 2.22 bits per heavy atom. The van der Waals surface area contributed by atoms with Crippen LogP contribution in [0.3, 0.4) is 0 Å². The fourth-order valence-electron chi connectivity index (χ4n) is 2.06. The second kappa shape index (κ2) is 5.98. The molecule has 0 bridgehead atoms. The van der Waals surface area contributed by atoms with E-state index in [4.69, 9.17) is 11.6 Å². The number of alkyl halides is 1. The number of thioether (sulfide) groups is 1. The smallest absolute Gasteiger partial charge is 0.124 e. The van der Waals surface area contributed by atoms with E-state index >= 15 is 0 Å². The minimum Gasteiger partial charge on any atom is -0.327 e. The predicted molar refractivity (Wildman–Crippen MR) is 81.6 cm³/mol. The molecule has 0 spiro atoms. The van der Waals surface area contributed by atoms with Gasteiger partial charge in [-0.15, -0.1) is 11.6 Å². The van der Waals surface area contributed by atoms with Gasteiger partial charge in [0.1, 0.15) is 5.82 Å². The number of rotatable bonds is 5. The maximum absolute atomic E-state index is 6.00. The number of aryl methyl sites for hydroxylation is 2. The summed E-state index contributed by atoms with van der Waals surface area (Å²) in [4.78, 5) is 4.60. The lowest BCUT2D eigenvalue weighted by Crippen LogP contribution is -2.07. The maximum atomic E-state index is 6.00. The van der Waals surface area contributed by atoms with Crippen LogP contribution in [0.2, 0.25) is 0 Å². The number of hydrogen-bond acceptors (Lipinski definition) is 2. The molecular formula is C14H19ClN2S. The van der Waals surface area contributed by atoms with Gasteiger partial charge in [-0.3, -0.25) is 0 Å². The highest BCUT2D eigenvalue weighted by Gasteiger charge is 2.11. The summed E-state index contributed by atoms with van der Waals surface area (Å²) in [6.45, 7) is 5.36. The first-order chi connectivity index (χ1) is 8.65. The highest BCUT2D eigenvalue weighted by atomic mass is 35.5. The Morgan fingerprint density at radius 3 is 2.89 bits per heavy atom. The van der Waals surface area contributed by atoms with Crippen LogP contribution in [0.4, 0.5) is 0 Å². The van der Waals surface area contributed by atoms with Crippen LogP contribution in [0.1, 0.15) is 24.7 Å². The molecule has 0 radical (unpaired) electrons. The summed E-state index contributed by atoms with van der Waals surface area (Å²) in [7, 11) is 0. The zero-order valence-electron chi connectivity index (χ0n) is 11.1. The van der Waals surface area contributed by atoms with E-state index in [0.717, 1.165) is 24.3 Å². The predicted octanol–water partition coefficient (Wildman–Crippen LogP) is 4.23. The minimum atomic E-state index is 0.474. The van der Waals surface area contributed by atoms with Crippen LogP contribution in [0.15, 0.2) is 18.2 Å². The van der Waals surface area contributed by atoms with E-state index in [1.54, 1.807) is 0 Å². The molecular weight excluding hydrogens is 264 g/mol. The highest BCUT2D eigenvalue weighted by Crippen LogP contribution is 2.21. The van der Waals surface area contributed by atoms with Gasteiger partial charge in [-0.2, -0.15) is 11.8 Å². The first kappa shape index (κ1) is 13.8. The zero-order chi connectivity index (χ0) is 13.1. The van der Waals surface area contributed by atoms with E-state index < -0.39 is 0 Å². The molecule has 1 aromatic carbocycles. The van der Waals surface area contributed by atoms with Crippen molar-refractivity contribution in [2.24, 2.45) is 0 Å². The normalized spacial score (nSPS) is 13.1. The van der Waals surface area contributed by atoms with E-state index in [9.17, 15) is 0 Å². The van der Waals surface area contributed by atoms with Crippen molar-refractivity contribution in [2.75, 3.05) is 6.26 Å². The van der Waals surface area contributed by atoms with Crippen molar-refractivity contribution in [3.8, 4) is 0 Å². The molecule has 2 aromatic rings. The second-order valence-corrected chi connectivity index (χ2v) is 6.18. The number of hydrogen-bond donors (Lipinski definition) is 0. The molecule has 18 heavy (non-hydrogen) atoms. The number of fused-ring (bicyclic) bond motifs is 1. The fourth-order valence-corrected chi connectivity index (χ4v) is 2.61. The molecule has 1 atom stereocenters. The van der Waals surface area contributed by atoms with Gasteiger partial charge in [0.25, 0.3) is 0 Å². The van der Waals surface area contributed by atoms with Crippen molar-refractivity contribution in [1.82, 2.24) is 9.55 Å². The van der Waals surface area contributed by atoms with Crippen molar-refractivity contribution < 1.29 is 0 Å². The Hall–Kier alpha value is -0.670. The molecule has 4 heteroatoms. The molecule has 0 saturated heterocycles. The van der Waals surface area contributed by atoms with E-state index in [1.807, 2.05) is 11.8 Å². The summed E-state index contributed by atoms with van der Waals surface area (Å²) in [6.07, 6.45) is 3.30. The van der Waals surface area contributed by atoms with E-state index in [2.05, 4.69) is 47.9 Å². The Bertz CT molecular complexity index is 536. The van der Waals surface area contributed by atoms with Crippen LogP contribution < -0.4 is 0 Å². The van der Waals surface area contributed by atoms with Crippen LogP contribution in [-0.2, 0) is 12.4 Å². The van der Waals surface area contributed by atoms with Crippen molar-refractivity contribution in [3.05, 3.63) is 29.6 Å². The Morgan fingerprint density at radius 1 is 1.44 bits per heavy atom. The van der Waals surface area contributed by atoms with Crippen LogP contribution in [0, 0.1) is 6.92 Å². The SMILES string of the molecule is CSC(C)CCn1c(CCl)nc2ccc(C)cc21. The molecule has 1 aromatic heterocycles. The molecule has 0 saturated carbocycles. The summed E-state index contributed by atoms with van der Waals surface area (Å²) in [5.74, 6) is 1.45. The molecule has 1 heterocycles. The van der Waals surface area contributed by atoms with Gasteiger partial charge in [0.2, 0.25) is 0 Å². The van der Waals surface area contributed by atoms with Crippen LogP contribution in [0.25, 0.3) is 11.0 Å². The molecule has 0 aliphatic carbocycles. The lowest BCUT2D eigenvalue weighted by molar-refractivity contribution is 0.636. The van der Waals surface area contributed by atoms with Gasteiger partial charge in [-0.05, 0) is 37.3 Å². The average Bonchev–Trinajstić information content (AvgIpc) is 2.73. The van der Waals surface area contributed by atoms with Gasteiger partial charge in [0.15, 0.2) is 0 Å². The number of imidazole rings is 1. The third kappa shape index (κ3) is 2.83. The van der Waals surface area contributed by atoms with Crippen molar-refractivity contribution in [3.63, 3.8) is 0 Å². The lowest BCUT2D eigenvalue weighted by Gasteiger charge is -2.11. The van der Waals surface area contributed by atoms with Gasteiger partial charge >= 0.3 is 0 Å². The molecule has 1 unspecified atom stereocenters. The van der Waals surface area contributed by atoms with Gasteiger partial charge in [-0.25, -0.2) is 4.98 Å². The molecule has 98 valence electrons. The van der Waals surface area contributed by atoms with Gasteiger partial charge < -0.3 is 4.57 Å². The van der Waals surface area contributed by atoms with Crippen LogP contribution in [-0.4, -0.2) is 21.1 Å². The van der Waals surface area contributed by atoms with Gasteiger partial charge in [-0.1, -0.05) is 13.0 Å². The summed E-state index contributed by atoms with van der Waals surface area (Å²) in [6, 6.07) is 6.37. The lowest BCUT2D eigenvalue weighted by atomic mass is 10.2. The largest absolute Gasteiger partial charge is 0.327 e. The second-order valence-electron chi connectivity index (χ2n) is 4.64. The monoisotopic (exact) mass is 282 g/mol. The summed E-state index contributed by atoms with van der Waals surface area (Å²) in [5, 5.41) is 0.662. The number of nitrogens with zero attached hydrogens (tertiary/aromatic N) is 2. The Labute approximate surface area is 118 Å². The molecule has 0 N–H and O–H groups in total. The van der Waals surface area contributed by atoms with Crippen molar-refractivity contribution in [2.45, 2.75) is 37.9 Å². The van der Waals surface area contributed by atoms with Crippen molar-refractivity contribution >= 4 is 34.4 Å². The molecule has 2 nitrogen and oxygen atoms in total. The van der Waals surface area contributed by atoms with E-state index in [-0.39, 0.29) is 0 Å². The van der Waals surface area contributed by atoms with Gasteiger partial charge in [0, 0.05) is 11.8 Å². The maximum Gasteiger partial charge on any atom is 0.124 e. The highest BCUT2D eigenvalue weighted by molar-refractivity contribution is 7.99. The summed E-state index contributed by atoms with van der Waals surface area (Å²) >= 11 is 7.91. The molecule has 2 rings (SSSR count). The minimum absolute atomic E-state index is 0.474. The summed E-state index contributed by atoms with van der Waals surface area (Å²) < 4.78 is 2.27.